The molecule has 0 saturated carbocycles. The lowest BCUT2D eigenvalue weighted by Crippen LogP contribution is -2.49. The van der Waals surface area contributed by atoms with Gasteiger partial charge in [0.15, 0.2) is 11.6 Å². The highest BCUT2D eigenvalue weighted by atomic mass is 16.5. The molecule has 1 saturated heterocycles. The summed E-state index contributed by atoms with van der Waals surface area (Å²) in [6.07, 6.45) is 2.22. The third-order valence-electron chi connectivity index (χ3n) is 5.16. The molecule has 1 fully saturated rings. The SMILES string of the molecule is COc1ccc(Nc2ncnc3c2OCCN3C2CCN(C(=O)O)CC2)cc1. The van der Waals surface area contributed by atoms with Crippen LogP contribution >= 0.6 is 0 Å². The van der Waals surface area contributed by atoms with Crippen LogP contribution in [-0.4, -0.2) is 65.5 Å². The Kier molecular flexibility index (Phi) is 5.05. The van der Waals surface area contributed by atoms with Crippen molar-refractivity contribution in [3.8, 4) is 11.5 Å². The van der Waals surface area contributed by atoms with Crippen LogP contribution in [0.3, 0.4) is 0 Å². The number of anilines is 3. The van der Waals surface area contributed by atoms with Crippen LogP contribution in [-0.2, 0) is 0 Å². The molecule has 9 heteroatoms. The highest BCUT2D eigenvalue weighted by molar-refractivity contribution is 5.71. The lowest BCUT2D eigenvalue weighted by Gasteiger charge is -2.40. The standard InChI is InChI=1S/C19H23N5O4/c1-27-15-4-2-13(3-5-15)22-17-16-18(21-12-20-17)24(10-11-28-16)14-6-8-23(9-7-14)19(25)26/h2-5,12,14H,6-11H2,1H3,(H,25,26)(H,20,21,22). The molecule has 0 bridgehead atoms. The van der Waals surface area contributed by atoms with E-state index in [4.69, 9.17) is 14.6 Å². The van der Waals surface area contributed by atoms with Gasteiger partial charge in [-0.15, -0.1) is 0 Å². The van der Waals surface area contributed by atoms with E-state index in [0.29, 0.717) is 31.3 Å². The Bertz CT molecular complexity index is 837. The predicted octanol–water partition coefficient (Wildman–Crippen LogP) is 2.57. The van der Waals surface area contributed by atoms with Crippen molar-refractivity contribution >= 4 is 23.4 Å². The first-order valence-corrected chi connectivity index (χ1v) is 9.29. The molecule has 148 valence electrons. The van der Waals surface area contributed by atoms with Gasteiger partial charge in [0.05, 0.1) is 13.7 Å². The van der Waals surface area contributed by atoms with Crippen molar-refractivity contribution < 1.29 is 19.4 Å². The number of aromatic nitrogens is 2. The van der Waals surface area contributed by atoms with Crippen LogP contribution in [0.2, 0.25) is 0 Å². The zero-order chi connectivity index (χ0) is 19.5. The van der Waals surface area contributed by atoms with Crippen molar-refractivity contribution in [3.05, 3.63) is 30.6 Å². The van der Waals surface area contributed by atoms with Gasteiger partial charge in [-0.1, -0.05) is 0 Å². The first-order chi connectivity index (χ1) is 13.7. The molecule has 2 aliphatic heterocycles. The third kappa shape index (κ3) is 3.60. The third-order valence-corrected chi connectivity index (χ3v) is 5.16. The molecule has 2 aromatic rings. The van der Waals surface area contributed by atoms with Gasteiger partial charge in [0, 0.05) is 24.8 Å². The van der Waals surface area contributed by atoms with Crippen LogP contribution in [0.5, 0.6) is 11.5 Å². The van der Waals surface area contributed by atoms with Gasteiger partial charge >= 0.3 is 6.09 Å². The molecule has 0 spiro atoms. The van der Waals surface area contributed by atoms with Gasteiger partial charge in [-0.25, -0.2) is 14.8 Å². The van der Waals surface area contributed by atoms with Crippen molar-refractivity contribution in [1.82, 2.24) is 14.9 Å². The Hall–Kier alpha value is -3.23. The number of nitrogens with zero attached hydrogens (tertiary/aromatic N) is 4. The Labute approximate surface area is 162 Å². The minimum absolute atomic E-state index is 0.238. The molecule has 0 atom stereocenters. The molecular formula is C19H23N5O4. The average Bonchev–Trinajstić information content (AvgIpc) is 2.74. The number of rotatable bonds is 4. The maximum atomic E-state index is 11.1. The summed E-state index contributed by atoms with van der Waals surface area (Å²) in [5.41, 5.74) is 0.872. The van der Waals surface area contributed by atoms with E-state index in [-0.39, 0.29) is 6.04 Å². The highest BCUT2D eigenvalue weighted by Gasteiger charge is 2.32. The zero-order valence-electron chi connectivity index (χ0n) is 15.7. The molecule has 4 rings (SSSR count). The first-order valence-electron chi connectivity index (χ1n) is 9.29. The summed E-state index contributed by atoms with van der Waals surface area (Å²) in [5.74, 6) is 2.78. The Balaban J connectivity index is 1.53. The Morgan fingerprint density at radius 3 is 2.64 bits per heavy atom. The maximum Gasteiger partial charge on any atom is 0.407 e. The second-order valence-corrected chi connectivity index (χ2v) is 6.77. The summed E-state index contributed by atoms with van der Waals surface area (Å²) in [6, 6.07) is 7.81. The second kappa shape index (κ2) is 7.79. The van der Waals surface area contributed by atoms with E-state index < -0.39 is 6.09 Å². The van der Waals surface area contributed by atoms with Gasteiger partial charge in [-0.3, -0.25) is 0 Å². The number of benzene rings is 1. The monoisotopic (exact) mass is 385 g/mol. The molecule has 1 aromatic heterocycles. The van der Waals surface area contributed by atoms with Gasteiger partial charge < -0.3 is 29.7 Å². The van der Waals surface area contributed by atoms with E-state index in [1.54, 1.807) is 7.11 Å². The minimum Gasteiger partial charge on any atom is -0.497 e. The topological polar surface area (TPSA) is 100 Å². The van der Waals surface area contributed by atoms with Crippen LogP contribution in [0.4, 0.5) is 22.1 Å². The first kappa shape index (κ1) is 18.1. The summed E-state index contributed by atoms with van der Waals surface area (Å²) in [7, 11) is 1.63. The molecule has 0 radical (unpaired) electrons. The van der Waals surface area contributed by atoms with E-state index in [2.05, 4.69) is 20.2 Å². The number of likely N-dealkylation sites (tertiary alicyclic amines) is 1. The molecule has 0 aliphatic carbocycles. The van der Waals surface area contributed by atoms with Crippen molar-refractivity contribution in [2.75, 3.05) is 43.6 Å². The molecule has 28 heavy (non-hydrogen) atoms. The van der Waals surface area contributed by atoms with E-state index in [1.165, 1.54) is 11.2 Å². The molecule has 2 N–H and O–H groups in total. The van der Waals surface area contributed by atoms with Crippen molar-refractivity contribution in [2.45, 2.75) is 18.9 Å². The second-order valence-electron chi connectivity index (χ2n) is 6.77. The number of nitrogens with one attached hydrogen (secondary N) is 1. The Morgan fingerprint density at radius 1 is 1.21 bits per heavy atom. The molecule has 2 aliphatic rings. The van der Waals surface area contributed by atoms with Crippen molar-refractivity contribution in [2.24, 2.45) is 0 Å². The fourth-order valence-electron chi connectivity index (χ4n) is 3.68. The Morgan fingerprint density at radius 2 is 1.96 bits per heavy atom. The lowest BCUT2D eigenvalue weighted by molar-refractivity contribution is 0.130. The number of carbonyl (C=O) groups is 1. The van der Waals surface area contributed by atoms with Gasteiger partial charge in [0.1, 0.15) is 18.7 Å². The number of amides is 1. The fraction of sp³-hybridized carbons (Fsp3) is 0.421. The summed E-state index contributed by atoms with van der Waals surface area (Å²) in [6.45, 7) is 2.34. The molecule has 1 aromatic carbocycles. The number of ether oxygens (including phenoxy) is 2. The number of piperidine rings is 1. The van der Waals surface area contributed by atoms with Crippen LogP contribution in [0, 0.1) is 0 Å². The molecule has 0 unspecified atom stereocenters. The van der Waals surface area contributed by atoms with Gasteiger partial charge in [0.25, 0.3) is 0 Å². The van der Waals surface area contributed by atoms with Gasteiger partial charge in [-0.05, 0) is 37.1 Å². The summed E-state index contributed by atoms with van der Waals surface area (Å²) in [4.78, 5) is 23.7. The van der Waals surface area contributed by atoms with E-state index in [1.807, 2.05) is 24.3 Å². The van der Waals surface area contributed by atoms with Crippen LogP contribution in [0.1, 0.15) is 12.8 Å². The molecule has 3 heterocycles. The number of methoxy groups -OCH3 is 1. The highest BCUT2D eigenvalue weighted by Crippen LogP contribution is 2.38. The van der Waals surface area contributed by atoms with Crippen LogP contribution < -0.4 is 19.7 Å². The van der Waals surface area contributed by atoms with Crippen LogP contribution in [0.15, 0.2) is 30.6 Å². The molecule has 9 nitrogen and oxygen atoms in total. The average molecular weight is 385 g/mol. The molecular weight excluding hydrogens is 362 g/mol. The van der Waals surface area contributed by atoms with Crippen molar-refractivity contribution in [1.29, 1.82) is 0 Å². The van der Waals surface area contributed by atoms with Crippen molar-refractivity contribution in [3.63, 3.8) is 0 Å². The predicted molar refractivity (Wildman–Crippen MR) is 104 cm³/mol. The quantitative estimate of drug-likeness (QED) is 0.828. The van der Waals surface area contributed by atoms with Gasteiger partial charge in [0.2, 0.25) is 5.75 Å². The summed E-state index contributed by atoms with van der Waals surface area (Å²) < 4.78 is 11.1. The van der Waals surface area contributed by atoms with E-state index >= 15 is 0 Å². The summed E-state index contributed by atoms with van der Waals surface area (Å²) >= 11 is 0. The summed E-state index contributed by atoms with van der Waals surface area (Å²) in [5, 5.41) is 12.4. The van der Waals surface area contributed by atoms with E-state index in [9.17, 15) is 4.79 Å². The number of hydrogen-bond donors (Lipinski definition) is 2. The maximum absolute atomic E-state index is 11.1. The zero-order valence-corrected chi connectivity index (χ0v) is 15.7. The smallest absolute Gasteiger partial charge is 0.407 e. The number of carboxylic acid groups (broad SMARTS) is 1. The lowest BCUT2D eigenvalue weighted by atomic mass is 10.0. The molecule has 1 amide bonds. The minimum atomic E-state index is -0.853. The number of fused-ring (bicyclic) bond motifs is 1. The normalized spacial score (nSPS) is 16.9. The van der Waals surface area contributed by atoms with Crippen LogP contribution in [0.25, 0.3) is 0 Å². The van der Waals surface area contributed by atoms with E-state index in [0.717, 1.165) is 36.6 Å². The largest absolute Gasteiger partial charge is 0.497 e. The fourth-order valence-corrected chi connectivity index (χ4v) is 3.68. The van der Waals surface area contributed by atoms with Gasteiger partial charge in [-0.2, -0.15) is 0 Å². The number of hydrogen-bond acceptors (Lipinski definition) is 7.